The summed E-state index contributed by atoms with van der Waals surface area (Å²) in [7, 11) is -3.11. The van der Waals surface area contributed by atoms with Gasteiger partial charge >= 0.3 is 12.0 Å². The average Bonchev–Trinajstić information content (AvgIpc) is 2.86. The van der Waals surface area contributed by atoms with E-state index in [-0.39, 0.29) is 18.1 Å². The number of nitrogens with zero attached hydrogens (tertiary/aromatic N) is 1. The SMILES string of the molecule is O=C(O)C(NC(=O)N1CCCS(=O)(=O)CC1)c1cccs1. The zero-order valence-electron chi connectivity index (χ0n) is 11.2. The summed E-state index contributed by atoms with van der Waals surface area (Å²) in [4.78, 5) is 25.3. The van der Waals surface area contributed by atoms with Crippen LogP contribution >= 0.6 is 11.3 Å². The van der Waals surface area contributed by atoms with Gasteiger partial charge in [0.25, 0.3) is 0 Å². The number of urea groups is 1. The minimum atomic E-state index is -3.11. The highest BCUT2D eigenvalue weighted by atomic mass is 32.2. The van der Waals surface area contributed by atoms with Crippen LogP contribution in [0.2, 0.25) is 0 Å². The van der Waals surface area contributed by atoms with Crippen LogP contribution in [0.5, 0.6) is 0 Å². The molecule has 1 aliphatic rings. The van der Waals surface area contributed by atoms with Gasteiger partial charge in [-0.2, -0.15) is 0 Å². The predicted octanol–water partition coefficient (Wildman–Crippen LogP) is 0.704. The number of carbonyl (C=O) groups excluding carboxylic acids is 1. The normalized spacial score (nSPS) is 19.5. The molecule has 0 bridgehead atoms. The van der Waals surface area contributed by atoms with Crippen LogP contribution in [0.3, 0.4) is 0 Å². The van der Waals surface area contributed by atoms with Gasteiger partial charge in [0.2, 0.25) is 0 Å². The highest BCUT2D eigenvalue weighted by Crippen LogP contribution is 2.19. The van der Waals surface area contributed by atoms with E-state index in [9.17, 15) is 23.1 Å². The van der Waals surface area contributed by atoms with E-state index in [1.54, 1.807) is 17.5 Å². The van der Waals surface area contributed by atoms with E-state index in [0.717, 1.165) is 0 Å². The summed E-state index contributed by atoms with van der Waals surface area (Å²) in [5.41, 5.74) is 0. The number of nitrogens with one attached hydrogen (secondary N) is 1. The van der Waals surface area contributed by atoms with Crippen molar-refractivity contribution in [3.8, 4) is 0 Å². The largest absolute Gasteiger partial charge is 0.479 e. The van der Waals surface area contributed by atoms with E-state index in [4.69, 9.17) is 0 Å². The number of carboxylic acid groups (broad SMARTS) is 1. The number of hydrogen-bond donors (Lipinski definition) is 2. The van der Waals surface area contributed by atoms with Crippen molar-refractivity contribution >= 4 is 33.2 Å². The molecule has 1 aliphatic heterocycles. The molecule has 116 valence electrons. The van der Waals surface area contributed by atoms with Gasteiger partial charge in [-0.25, -0.2) is 18.0 Å². The Bertz CT molecular complexity index is 612. The van der Waals surface area contributed by atoms with Gasteiger partial charge in [0.05, 0.1) is 11.5 Å². The van der Waals surface area contributed by atoms with E-state index in [2.05, 4.69) is 5.32 Å². The molecule has 0 radical (unpaired) electrons. The lowest BCUT2D eigenvalue weighted by atomic mass is 10.2. The number of hydrogen-bond acceptors (Lipinski definition) is 5. The summed E-state index contributed by atoms with van der Waals surface area (Å²) >= 11 is 1.24. The van der Waals surface area contributed by atoms with Crippen LogP contribution < -0.4 is 5.32 Å². The zero-order valence-corrected chi connectivity index (χ0v) is 12.8. The Morgan fingerprint density at radius 2 is 2.10 bits per heavy atom. The standard InChI is InChI=1S/C12H16N2O5S2/c15-11(16)10(9-3-1-6-20-9)13-12(17)14-4-2-7-21(18,19)8-5-14/h1,3,6,10H,2,4-5,7-8H2,(H,13,17)(H,15,16). The third kappa shape index (κ3) is 4.18. The van der Waals surface area contributed by atoms with Crippen molar-refractivity contribution in [2.24, 2.45) is 0 Å². The van der Waals surface area contributed by atoms with Gasteiger partial charge in [0.15, 0.2) is 15.9 Å². The third-order valence-corrected chi connectivity index (χ3v) is 5.84. The number of thiophene rings is 1. The van der Waals surface area contributed by atoms with Gasteiger partial charge in [-0.1, -0.05) is 6.07 Å². The molecule has 0 aliphatic carbocycles. The predicted molar refractivity (Wildman–Crippen MR) is 78.1 cm³/mol. The Kier molecular flexibility index (Phi) is 4.84. The van der Waals surface area contributed by atoms with Crippen LogP contribution in [-0.2, 0) is 14.6 Å². The molecule has 9 heteroatoms. The molecule has 2 rings (SSSR count). The summed E-state index contributed by atoms with van der Waals surface area (Å²) in [6.45, 7) is 0.396. The van der Waals surface area contributed by atoms with E-state index in [0.29, 0.717) is 17.8 Å². The first-order chi connectivity index (χ1) is 9.89. The first kappa shape index (κ1) is 15.8. The second-order valence-electron chi connectivity index (χ2n) is 4.73. The van der Waals surface area contributed by atoms with Crippen molar-refractivity contribution < 1.29 is 23.1 Å². The monoisotopic (exact) mass is 332 g/mol. The topological polar surface area (TPSA) is 104 Å². The summed E-state index contributed by atoms with van der Waals surface area (Å²) < 4.78 is 23.0. The summed E-state index contributed by atoms with van der Waals surface area (Å²) in [5, 5.41) is 13.4. The van der Waals surface area contributed by atoms with Crippen molar-refractivity contribution in [2.45, 2.75) is 12.5 Å². The maximum atomic E-state index is 12.1. The Hall–Kier alpha value is -1.61. The second-order valence-corrected chi connectivity index (χ2v) is 8.01. The molecule has 1 unspecified atom stereocenters. The lowest BCUT2D eigenvalue weighted by Gasteiger charge is -2.22. The fourth-order valence-corrected chi connectivity index (χ4v) is 4.11. The molecule has 0 spiro atoms. The molecule has 1 fully saturated rings. The average molecular weight is 332 g/mol. The van der Waals surface area contributed by atoms with Crippen molar-refractivity contribution in [2.75, 3.05) is 24.6 Å². The Labute approximate surface area is 126 Å². The van der Waals surface area contributed by atoms with E-state index >= 15 is 0 Å². The number of carboxylic acids is 1. The first-order valence-electron chi connectivity index (χ1n) is 6.41. The van der Waals surface area contributed by atoms with E-state index < -0.39 is 27.9 Å². The van der Waals surface area contributed by atoms with Gasteiger partial charge in [-0.05, 0) is 17.9 Å². The molecule has 21 heavy (non-hydrogen) atoms. The fourth-order valence-electron chi connectivity index (χ4n) is 2.07. The molecule has 1 aromatic heterocycles. The lowest BCUT2D eigenvalue weighted by Crippen LogP contribution is -2.44. The second kappa shape index (κ2) is 6.44. The molecule has 7 nitrogen and oxygen atoms in total. The van der Waals surface area contributed by atoms with Crippen molar-refractivity contribution in [3.05, 3.63) is 22.4 Å². The Morgan fingerprint density at radius 1 is 1.33 bits per heavy atom. The molecule has 1 aromatic rings. The molecule has 1 atom stereocenters. The quantitative estimate of drug-likeness (QED) is 0.848. The minimum absolute atomic E-state index is 0.0596. The number of carbonyl (C=O) groups is 2. The molecular weight excluding hydrogens is 316 g/mol. The minimum Gasteiger partial charge on any atom is -0.479 e. The summed E-state index contributed by atoms with van der Waals surface area (Å²) in [6, 6.07) is 1.68. The summed E-state index contributed by atoms with van der Waals surface area (Å²) in [6.07, 6.45) is 0.368. The van der Waals surface area contributed by atoms with Gasteiger partial charge < -0.3 is 15.3 Å². The van der Waals surface area contributed by atoms with Crippen LogP contribution in [0.15, 0.2) is 17.5 Å². The molecular formula is C12H16N2O5S2. The molecule has 2 heterocycles. The summed E-state index contributed by atoms with van der Waals surface area (Å²) in [5.74, 6) is -1.17. The van der Waals surface area contributed by atoms with Gasteiger partial charge in [-0.15, -0.1) is 11.3 Å². The Balaban J connectivity index is 2.04. The molecule has 2 N–H and O–H groups in total. The first-order valence-corrected chi connectivity index (χ1v) is 9.11. The van der Waals surface area contributed by atoms with E-state index in [1.165, 1.54) is 16.2 Å². The molecule has 0 aromatic carbocycles. The highest BCUT2D eigenvalue weighted by Gasteiger charge is 2.27. The van der Waals surface area contributed by atoms with Crippen molar-refractivity contribution in [1.82, 2.24) is 10.2 Å². The van der Waals surface area contributed by atoms with Crippen LogP contribution in [0.25, 0.3) is 0 Å². The number of aliphatic carboxylic acids is 1. The van der Waals surface area contributed by atoms with E-state index in [1.807, 2.05) is 0 Å². The number of amides is 2. The molecule has 2 amide bonds. The smallest absolute Gasteiger partial charge is 0.331 e. The van der Waals surface area contributed by atoms with Crippen molar-refractivity contribution in [1.29, 1.82) is 0 Å². The van der Waals surface area contributed by atoms with Crippen LogP contribution in [-0.4, -0.2) is 55.0 Å². The molecule has 1 saturated heterocycles. The number of sulfone groups is 1. The maximum absolute atomic E-state index is 12.1. The van der Waals surface area contributed by atoms with Crippen LogP contribution in [0.1, 0.15) is 17.3 Å². The highest BCUT2D eigenvalue weighted by molar-refractivity contribution is 7.91. The number of rotatable bonds is 3. The van der Waals surface area contributed by atoms with Crippen LogP contribution in [0.4, 0.5) is 4.79 Å². The lowest BCUT2D eigenvalue weighted by molar-refractivity contribution is -0.139. The fraction of sp³-hybridized carbons (Fsp3) is 0.500. The van der Waals surface area contributed by atoms with Gasteiger partial charge in [0.1, 0.15) is 0 Å². The van der Waals surface area contributed by atoms with Gasteiger partial charge in [-0.3, -0.25) is 0 Å². The van der Waals surface area contributed by atoms with Crippen molar-refractivity contribution in [3.63, 3.8) is 0 Å². The van der Waals surface area contributed by atoms with Crippen LogP contribution in [0, 0.1) is 0 Å². The molecule has 0 saturated carbocycles. The third-order valence-electron chi connectivity index (χ3n) is 3.19. The van der Waals surface area contributed by atoms with Gasteiger partial charge in [0, 0.05) is 18.0 Å². The zero-order chi connectivity index (χ0) is 15.5. The maximum Gasteiger partial charge on any atom is 0.331 e. The Morgan fingerprint density at radius 3 is 2.71 bits per heavy atom.